The van der Waals surface area contributed by atoms with Crippen LogP contribution in [0.5, 0.6) is 0 Å². The highest BCUT2D eigenvalue weighted by Gasteiger charge is 2.24. The van der Waals surface area contributed by atoms with Gasteiger partial charge in [0.2, 0.25) is 0 Å². The number of hydrogen-bond donors (Lipinski definition) is 1. The van der Waals surface area contributed by atoms with Gasteiger partial charge in [-0.2, -0.15) is 0 Å². The van der Waals surface area contributed by atoms with Crippen molar-refractivity contribution in [3.05, 3.63) is 66.5 Å². The molecule has 1 atom stereocenters. The second-order valence-electron chi connectivity index (χ2n) is 5.08. The summed E-state index contributed by atoms with van der Waals surface area (Å²) >= 11 is 1.43. The smallest absolute Gasteiger partial charge is 0.255 e. The molecule has 118 valence electrons. The van der Waals surface area contributed by atoms with E-state index >= 15 is 0 Å². The Morgan fingerprint density at radius 1 is 1.08 bits per heavy atom. The lowest BCUT2D eigenvalue weighted by molar-refractivity contribution is -0.118. The number of aromatic nitrogens is 5. The monoisotopic (exact) mass is 336 g/mol. The molecule has 1 unspecified atom stereocenters. The fourth-order valence-electron chi connectivity index (χ4n) is 2.45. The third kappa shape index (κ3) is 2.74. The number of carbonyl (C=O) groups excluding carboxylic acids is 1. The van der Waals surface area contributed by atoms with Crippen LogP contribution in [0.25, 0.3) is 10.2 Å². The van der Waals surface area contributed by atoms with E-state index in [1.54, 1.807) is 0 Å². The molecule has 0 fully saturated rings. The van der Waals surface area contributed by atoms with Crippen molar-refractivity contribution in [2.75, 3.05) is 5.32 Å². The minimum atomic E-state index is -0.659. The zero-order valence-electron chi connectivity index (χ0n) is 12.4. The van der Waals surface area contributed by atoms with Gasteiger partial charge in [-0.1, -0.05) is 53.8 Å². The highest BCUT2D eigenvalue weighted by Crippen LogP contribution is 2.27. The number of rotatable bonds is 4. The molecular formula is C16H12N6OS. The van der Waals surface area contributed by atoms with Crippen LogP contribution < -0.4 is 5.32 Å². The molecule has 24 heavy (non-hydrogen) atoms. The second kappa shape index (κ2) is 6.17. The highest BCUT2D eigenvalue weighted by atomic mass is 32.1. The SMILES string of the molecule is O=C(Nc1nc2ccccc2s1)C(c1ccccc1)n1cnnn1. The van der Waals surface area contributed by atoms with E-state index in [0.29, 0.717) is 5.13 Å². The standard InChI is InChI=1S/C16H12N6OS/c23-15(19-16-18-12-8-4-5-9-13(12)24-16)14(22-10-17-20-21-22)11-6-2-1-3-7-11/h1-10,14H,(H,18,19,23). The van der Waals surface area contributed by atoms with Gasteiger partial charge in [0.15, 0.2) is 11.2 Å². The van der Waals surface area contributed by atoms with Gasteiger partial charge in [0.25, 0.3) is 5.91 Å². The molecule has 4 aromatic rings. The van der Waals surface area contributed by atoms with Gasteiger partial charge in [0, 0.05) is 0 Å². The van der Waals surface area contributed by atoms with E-state index in [1.807, 2.05) is 54.6 Å². The average Bonchev–Trinajstić information content (AvgIpc) is 3.25. The molecule has 4 rings (SSSR count). The summed E-state index contributed by atoms with van der Waals surface area (Å²) in [4.78, 5) is 17.3. The van der Waals surface area contributed by atoms with Gasteiger partial charge in [-0.15, -0.1) is 5.10 Å². The summed E-state index contributed by atoms with van der Waals surface area (Å²) in [5, 5.41) is 14.6. The minimum absolute atomic E-state index is 0.243. The number of nitrogens with one attached hydrogen (secondary N) is 1. The molecule has 0 aliphatic heterocycles. The summed E-state index contributed by atoms with van der Waals surface area (Å²) in [6.45, 7) is 0. The van der Waals surface area contributed by atoms with E-state index in [2.05, 4.69) is 25.8 Å². The Kier molecular flexibility index (Phi) is 3.72. The maximum Gasteiger partial charge on any atom is 0.255 e. The van der Waals surface area contributed by atoms with Crippen LogP contribution in [0.4, 0.5) is 5.13 Å². The Balaban J connectivity index is 1.66. The predicted molar refractivity (Wildman–Crippen MR) is 90.6 cm³/mol. The zero-order chi connectivity index (χ0) is 16.4. The van der Waals surface area contributed by atoms with Gasteiger partial charge >= 0.3 is 0 Å². The van der Waals surface area contributed by atoms with E-state index in [1.165, 1.54) is 22.3 Å². The fraction of sp³-hybridized carbons (Fsp3) is 0.0625. The van der Waals surface area contributed by atoms with Crippen LogP contribution in [0.2, 0.25) is 0 Å². The van der Waals surface area contributed by atoms with Crippen molar-refractivity contribution in [3.63, 3.8) is 0 Å². The van der Waals surface area contributed by atoms with Crippen LogP contribution in [-0.2, 0) is 4.79 Å². The van der Waals surface area contributed by atoms with Gasteiger partial charge < -0.3 is 0 Å². The maximum absolute atomic E-state index is 12.8. The van der Waals surface area contributed by atoms with Crippen LogP contribution in [0, 0.1) is 0 Å². The molecule has 8 heteroatoms. The van der Waals surface area contributed by atoms with E-state index in [0.717, 1.165) is 15.8 Å². The van der Waals surface area contributed by atoms with Crippen LogP contribution in [0.1, 0.15) is 11.6 Å². The van der Waals surface area contributed by atoms with E-state index in [9.17, 15) is 4.79 Å². The fourth-order valence-corrected chi connectivity index (χ4v) is 3.31. The summed E-state index contributed by atoms with van der Waals surface area (Å²) < 4.78 is 2.45. The van der Waals surface area contributed by atoms with E-state index < -0.39 is 6.04 Å². The van der Waals surface area contributed by atoms with Crippen LogP contribution in [-0.4, -0.2) is 31.1 Å². The van der Waals surface area contributed by atoms with Crippen molar-refractivity contribution in [2.45, 2.75) is 6.04 Å². The van der Waals surface area contributed by atoms with Crippen LogP contribution in [0.15, 0.2) is 60.9 Å². The van der Waals surface area contributed by atoms with Gasteiger partial charge in [-0.3, -0.25) is 10.1 Å². The van der Waals surface area contributed by atoms with Crippen molar-refractivity contribution >= 4 is 32.6 Å². The summed E-state index contributed by atoms with van der Waals surface area (Å²) in [6.07, 6.45) is 1.43. The molecule has 0 saturated carbocycles. The summed E-state index contributed by atoms with van der Waals surface area (Å²) in [5.41, 5.74) is 1.65. The summed E-state index contributed by atoms with van der Waals surface area (Å²) in [7, 11) is 0. The predicted octanol–water partition coefficient (Wildman–Crippen LogP) is 2.51. The Bertz CT molecular complexity index is 934. The molecule has 0 bridgehead atoms. The Labute approximate surface area is 141 Å². The Hall–Kier alpha value is -3.13. The number of anilines is 1. The Morgan fingerprint density at radius 3 is 2.62 bits per heavy atom. The topological polar surface area (TPSA) is 85.6 Å². The molecule has 0 saturated heterocycles. The molecule has 7 nitrogen and oxygen atoms in total. The number of fused-ring (bicyclic) bond motifs is 1. The van der Waals surface area contributed by atoms with Gasteiger partial charge in [-0.05, 0) is 28.1 Å². The first-order valence-electron chi connectivity index (χ1n) is 7.25. The van der Waals surface area contributed by atoms with Crippen molar-refractivity contribution in [3.8, 4) is 0 Å². The first-order chi connectivity index (χ1) is 11.8. The van der Waals surface area contributed by atoms with E-state index in [-0.39, 0.29) is 5.91 Å². The largest absolute Gasteiger partial charge is 0.300 e. The number of tetrazole rings is 1. The lowest BCUT2D eigenvalue weighted by Gasteiger charge is -2.15. The number of amides is 1. The zero-order valence-corrected chi connectivity index (χ0v) is 13.2. The molecule has 2 aromatic heterocycles. The number of carbonyl (C=O) groups is 1. The van der Waals surface area contributed by atoms with E-state index in [4.69, 9.17) is 0 Å². The molecule has 2 heterocycles. The normalized spacial score (nSPS) is 12.2. The molecular weight excluding hydrogens is 324 g/mol. The lowest BCUT2D eigenvalue weighted by Crippen LogP contribution is -2.27. The van der Waals surface area contributed by atoms with Gasteiger partial charge in [0.05, 0.1) is 10.2 Å². The van der Waals surface area contributed by atoms with Crippen LogP contribution >= 0.6 is 11.3 Å². The van der Waals surface area contributed by atoms with Crippen LogP contribution in [0.3, 0.4) is 0 Å². The molecule has 1 amide bonds. The minimum Gasteiger partial charge on any atom is -0.300 e. The summed E-state index contributed by atoms with van der Waals surface area (Å²) in [5.74, 6) is -0.243. The van der Waals surface area contributed by atoms with Gasteiger partial charge in [-0.25, -0.2) is 9.67 Å². The average molecular weight is 336 g/mol. The quantitative estimate of drug-likeness (QED) is 0.619. The summed E-state index contributed by atoms with van der Waals surface area (Å²) in [6, 6.07) is 16.5. The highest BCUT2D eigenvalue weighted by molar-refractivity contribution is 7.22. The molecule has 0 aliphatic carbocycles. The maximum atomic E-state index is 12.8. The van der Waals surface area contributed by atoms with Crippen molar-refractivity contribution in [2.24, 2.45) is 0 Å². The number of para-hydroxylation sites is 1. The molecule has 0 aliphatic rings. The van der Waals surface area contributed by atoms with Gasteiger partial charge in [0.1, 0.15) is 6.33 Å². The molecule has 1 N–H and O–H groups in total. The Morgan fingerprint density at radius 2 is 1.88 bits per heavy atom. The number of nitrogens with zero attached hydrogens (tertiary/aromatic N) is 5. The van der Waals surface area contributed by atoms with Crippen molar-refractivity contribution in [1.82, 2.24) is 25.2 Å². The number of benzene rings is 2. The first kappa shape index (κ1) is 14.5. The molecule has 0 radical (unpaired) electrons. The van der Waals surface area contributed by atoms with Crippen molar-refractivity contribution < 1.29 is 4.79 Å². The van der Waals surface area contributed by atoms with Crippen molar-refractivity contribution in [1.29, 1.82) is 0 Å². The first-order valence-corrected chi connectivity index (χ1v) is 8.07. The number of hydrogen-bond acceptors (Lipinski definition) is 6. The number of thiazole rings is 1. The molecule has 0 spiro atoms. The molecule has 2 aromatic carbocycles. The third-order valence-electron chi connectivity index (χ3n) is 3.52. The lowest BCUT2D eigenvalue weighted by atomic mass is 10.1. The second-order valence-corrected chi connectivity index (χ2v) is 6.11. The third-order valence-corrected chi connectivity index (χ3v) is 4.47.